The number of nitrogen functional groups attached to an aromatic ring is 1. The van der Waals surface area contributed by atoms with Crippen LogP contribution in [0, 0.1) is 0 Å². The molecule has 4 heteroatoms. The van der Waals surface area contributed by atoms with E-state index in [-0.39, 0.29) is 0 Å². The third-order valence-electron chi connectivity index (χ3n) is 4.30. The van der Waals surface area contributed by atoms with Gasteiger partial charge < -0.3 is 15.0 Å². The van der Waals surface area contributed by atoms with Crippen LogP contribution in [0.15, 0.2) is 48.5 Å². The third-order valence-corrected chi connectivity index (χ3v) is 4.30. The summed E-state index contributed by atoms with van der Waals surface area (Å²) in [5, 5.41) is 0. The van der Waals surface area contributed by atoms with E-state index in [1.165, 1.54) is 24.2 Å². The van der Waals surface area contributed by atoms with E-state index in [2.05, 4.69) is 28.8 Å². The van der Waals surface area contributed by atoms with Crippen molar-refractivity contribution in [1.29, 1.82) is 0 Å². The van der Waals surface area contributed by atoms with Gasteiger partial charge in [0.2, 0.25) is 0 Å². The molecule has 0 atom stereocenters. The molecule has 0 spiro atoms. The summed E-state index contributed by atoms with van der Waals surface area (Å²) in [6, 6.07) is 16.0. The lowest BCUT2D eigenvalue weighted by Crippen LogP contribution is -2.07. The van der Waals surface area contributed by atoms with Gasteiger partial charge in [-0.2, -0.15) is 0 Å². The summed E-state index contributed by atoms with van der Waals surface area (Å²) in [7, 11) is 0. The fraction of sp³-hybridized carbons (Fsp3) is 0.316. The number of fused-ring (bicyclic) bond motifs is 1. The lowest BCUT2D eigenvalue weighted by Gasteiger charge is -2.10. The fourth-order valence-corrected chi connectivity index (χ4v) is 2.96. The molecule has 1 heterocycles. The molecule has 4 rings (SSSR count). The minimum Gasteiger partial charge on any atom is -0.494 e. The van der Waals surface area contributed by atoms with Crippen LogP contribution in [-0.4, -0.2) is 16.2 Å². The zero-order chi connectivity index (χ0) is 15.6. The second kappa shape index (κ2) is 5.95. The Morgan fingerprint density at radius 2 is 1.87 bits per heavy atom. The molecule has 0 bridgehead atoms. The van der Waals surface area contributed by atoms with E-state index in [9.17, 15) is 0 Å². The maximum Gasteiger partial charge on any atom is 0.119 e. The Bertz CT molecular complexity index is 803. The minimum atomic E-state index is 0.653. The van der Waals surface area contributed by atoms with Gasteiger partial charge >= 0.3 is 0 Å². The predicted octanol–water partition coefficient (Wildman–Crippen LogP) is 3.97. The fourth-order valence-electron chi connectivity index (χ4n) is 2.96. The molecule has 0 unspecified atom stereocenters. The molecule has 3 aromatic rings. The van der Waals surface area contributed by atoms with Crippen molar-refractivity contribution in [3.8, 4) is 5.75 Å². The Morgan fingerprint density at radius 1 is 1.09 bits per heavy atom. The highest BCUT2D eigenvalue weighted by Gasteiger charge is 2.29. The molecule has 1 aliphatic rings. The van der Waals surface area contributed by atoms with Crippen LogP contribution in [0.1, 0.15) is 31.0 Å². The standard InChI is InChI=1S/C19H21N3O/c20-15-8-10-16(11-9-15)23-13-3-12-22-18-5-2-1-4-17(18)21-19(22)14-6-7-14/h1-2,4-5,8-11,14H,3,6-7,12-13,20H2. The molecule has 1 aliphatic carbocycles. The topological polar surface area (TPSA) is 53.1 Å². The molecule has 2 aromatic carbocycles. The number of imidazole rings is 1. The van der Waals surface area contributed by atoms with Crippen molar-refractivity contribution in [2.24, 2.45) is 0 Å². The van der Waals surface area contributed by atoms with E-state index in [4.69, 9.17) is 15.5 Å². The van der Waals surface area contributed by atoms with Crippen molar-refractivity contribution >= 4 is 16.7 Å². The van der Waals surface area contributed by atoms with Crippen LogP contribution in [0.3, 0.4) is 0 Å². The molecule has 0 amide bonds. The van der Waals surface area contributed by atoms with Crippen LogP contribution >= 0.6 is 0 Å². The highest BCUT2D eigenvalue weighted by molar-refractivity contribution is 5.76. The summed E-state index contributed by atoms with van der Waals surface area (Å²) in [6.45, 7) is 1.64. The Morgan fingerprint density at radius 3 is 2.65 bits per heavy atom. The summed E-state index contributed by atoms with van der Waals surface area (Å²) in [4.78, 5) is 4.83. The van der Waals surface area contributed by atoms with Crippen molar-refractivity contribution in [3.63, 3.8) is 0 Å². The van der Waals surface area contributed by atoms with Crippen molar-refractivity contribution in [3.05, 3.63) is 54.4 Å². The SMILES string of the molecule is Nc1ccc(OCCCn2c(C3CC3)nc3ccccc32)cc1. The van der Waals surface area contributed by atoms with Gasteiger partial charge in [0.15, 0.2) is 0 Å². The average molecular weight is 307 g/mol. The van der Waals surface area contributed by atoms with Gasteiger partial charge in [-0.3, -0.25) is 0 Å². The first kappa shape index (κ1) is 14.1. The van der Waals surface area contributed by atoms with Gasteiger partial charge in [-0.15, -0.1) is 0 Å². The molecule has 23 heavy (non-hydrogen) atoms. The van der Waals surface area contributed by atoms with Gasteiger partial charge in [-0.1, -0.05) is 12.1 Å². The van der Waals surface area contributed by atoms with Gasteiger partial charge in [0.05, 0.1) is 17.6 Å². The number of rotatable bonds is 6. The average Bonchev–Trinajstić information content (AvgIpc) is 3.35. The van der Waals surface area contributed by atoms with E-state index < -0.39 is 0 Å². The largest absolute Gasteiger partial charge is 0.494 e. The Hall–Kier alpha value is -2.49. The zero-order valence-electron chi connectivity index (χ0n) is 13.1. The first-order valence-electron chi connectivity index (χ1n) is 8.25. The first-order chi connectivity index (χ1) is 11.3. The predicted molar refractivity (Wildman–Crippen MR) is 92.7 cm³/mol. The van der Waals surface area contributed by atoms with Crippen LogP contribution in [0.25, 0.3) is 11.0 Å². The van der Waals surface area contributed by atoms with Crippen molar-refractivity contribution in [2.75, 3.05) is 12.3 Å². The quantitative estimate of drug-likeness (QED) is 0.554. The maximum absolute atomic E-state index is 5.80. The molecule has 1 saturated carbocycles. The lowest BCUT2D eigenvalue weighted by atomic mass is 10.3. The first-order valence-corrected chi connectivity index (χ1v) is 8.25. The van der Waals surface area contributed by atoms with Crippen molar-refractivity contribution in [1.82, 2.24) is 9.55 Å². The summed E-state index contributed by atoms with van der Waals surface area (Å²) >= 11 is 0. The Kier molecular flexibility index (Phi) is 3.66. The van der Waals surface area contributed by atoms with Crippen LogP contribution in [0.2, 0.25) is 0 Å². The van der Waals surface area contributed by atoms with Crippen LogP contribution < -0.4 is 10.5 Å². The molecular formula is C19H21N3O. The Balaban J connectivity index is 1.43. The maximum atomic E-state index is 5.80. The number of aryl methyl sites for hydroxylation is 1. The number of benzene rings is 2. The van der Waals surface area contributed by atoms with Gasteiger partial charge in [0.1, 0.15) is 11.6 Å². The number of ether oxygens (including phenoxy) is 1. The highest BCUT2D eigenvalue weighted by Crippen LogP contribution is 2.40. The second-order valence-electron chi connectivity index (χ2n) is 6.16. The molecule has 0 saturated heterocycles. The normalized spacial score (nSPS) is 14.3. The van der Waals surface area contributed by atoms with Crippen LogP contribution in [0.4, 0.5) is 5.69 Å². The number of nitrogens with two attached hydrogens (primary N) is 1. The molecule has 118 valence electrons. The number of hydrogen-bond donors (Lipinski definition) is 1. The molecule has 1 aromatic heterocycles. The van der Waals surface area contributed by atoms with Crippen molar-refractivity contribution in [2.45, 2.75) is 31.7 Å². The number of anilines is 1. The van der Waals surface area contributed by atoms with E-state index in [1.807, 2.05) is 24.3 Å². The summed E-state index contributed by atoms with van der Waals surface area (Å²) in [5.41, 5.74) is 8.79. The smallest absolute Gasteiger partial charge is 0.119 e. The van der Waals surface area contributed by atoms with Crippen molar-refractivity contribution < 1.29 is 4.74 Å². The van der Waals surface area contributed by atoms with Gasteiger partial charge in [-0.05, 0) is 55.7 Å². The molecule has 4 nitrogen and oxygen atoms in total. The zero-order valence-corrected chi connectivity index (χ0v) is 13.1. The van der Waals surface area contributed by atoms with Gasteiger partial charge in [-0.25, -0.2) is 4.98 Å². The number of nitrogens with zero attached hydrogens (tertiary/aromatic N) is 2. The molecule has 0 aliphatic heterocycles. The minimum absolute atomic E-state index is 0.653. The summed E-state index contributed by atoms with van der Waals surface area (Å²) in [6.07, 6.45) is 3.50. The number of para-hydroxylation sites is 2. The number of hydrogen-bond acceptors (Lipinski definition) is 3. The monoisotopic (exact) mass is 307 g/mol. The highest BCUT2D eigenvalue weighted by atomic mass is 16.5. The van der Waals surface area contributed by atoms with E-state index in [0.717, 1.165) is 29.9 Å². The van der Waals surface area contributed by atoms with E-state index in [1.54, 1.807) is 0 Å². The second-order valence-corrected chi connectivity index (χ2v) is 6.16. The van der Waals surface area contributed by atoms with Gasteiger partial charge in [0.25, 0.3) is 0 Å². The van der Waals surface area contributed by atoms with Gasteiger partial charge in [0, 0.05) is 18.2 Å². The summed E-state index contributed by atoms with van der Waals surface area (Å²) in [5.74, 6) is 2.77. The Labute approximate surface area is 135 Å². The lowest BCUT2D eigenvalue weighted by molar-refractivity contribution is 0.302. The van der Waals surface area contributed by atoms with E-state index >= 15 is 0 Å². The molecular weight excluding hydrogens is 286 g/mol. The van der Waals surface area contributed by atoms with E-state index in [0.29, 0.717) is 12.5 Å². The molecule has 1 fully saturated rings. The van der Waals surface area contributed by atoms with Crippen LogP contribution in [-0.2, 0) is 6.54 Å². The molecule has 2 N–H and O–H groups in total. The van der Waals surface area contributed by atoms with Crippen LogP contribution in [0.5, 0.6) is 5.75 Å². The third kappa shape index (κ3) is 3.02. The summed E-state index contributed by atoms with van der Waals surface area (Å²) < 4.78 is 8.17. The molecule has 0 radical (unpaired) electrons. The number of aromatic nitrogens is 2.